The van der Waals surface area contributed by atoms with Gasteiger partial charge in [-0.1, -0.05) is 51.5 Å². The highest BCUT2D eigenvalue weighted by Crippen LogP contribution is 2.21. The fourth-order valence-corrected chi connectivity index (χ4v) is 2.17. The van der Waals surface area contributed by atoms with Crippen molar-refractivity contribution < 1.29 is 4.79 Å². The molecule has 1 aliphatic rings. The van der Waals surface area contributed by atoms with Gasteiger partial charge in [0.15, 0.2) is 0 Å². The molecule has 0 radical (unpaired) electrons. The molecule has 0 aliphatic carbocycles. The Labute approximate surface area is 116 Å². The number of carbonyl (C=O) groups excluding carboxylic acids is 1. The maximum atomic E-state index is 12.3. The van der Waals surface area contributed by atoms with Crippen LogP contribution < -0.4 is 0 Å². The van der Waals surface area contributed by atoms with Crippen molar-refractivity contribution in [3.8, 4) is 0 Å². The number of carbonyl (C=O) groups is 1. The van der Waals surface area contributed by atoms with Gasteiger partial charge in [-0.3, -0.25) is 9.79 Å². The van der Waals surface area contributed by atoms with Gasteiger partial charge in [-0.25, -0.2) is 0 Å². The van der Waals surface area contributed by atoms with E-state index >= 15 is 0 Å². The lowest BCUT2D eigenvalue weighted by Crippen LogP contribution is -2.37. The van der Waals surface area contributed by atoms with Crippen molar-refractivity contribution in [3.63, 3.8) is 0 Å². The number of hydrogen-bond acceptors (Lipinski definition) is 2. The summed E-state index contributed by atoms with van der Waals surface area (Å²) >= 11 is 0. The van der Waals surface area contributed by atoms with Gasteiger partial charge >= 0.3 is 0 Å². The van der Waals surface area contributed by atoms with Crippen molar-refractivity contribution in [2.24, 2.45) is 4.99 Å². The second kappa shape index (κ2) is 8.46. The number of nitrogens with zero attached hydrogens (tertiary/aromatic N) is 2. The lowest BCUT2D eigenvalue weighted by Gasteiger charge is -2.28. The van der Waals surface area contributed by atoms with Crippen molar-refractivity contribution in [1.82, 2.24) is 4.90 Å². The van der Waals surface area contributed by atoms with E-state index in [-0.39, 0.29) is 5.91 Å². The van der Waals surface area contributed by atoms with Crippen LogP contribution in [0.15, 0.2) is 41.6 Å². The van der Waals surface area contributed by atoms with E-state index in [1.165, 1.54) is 19.3 Å². The van der Waals surface area contributed by atoms with Crippen LogP contribution >= 0.6 is 0 Å². The molecule has 3 heteroatoms. The molecule has 0 aromatic carbocycles. The number of amides is 1. The summed E-state index contributed by atoms with van der Waals surface area (Å²) in [5, 5.41) is 0. The Kier molecular flexibility index (Phi) is 6.86. The first-order valence-electron chi connectivity index (χ1n) is 7.04. The first kappa shape index (κ1) is 15.4. The number of hydrogen-bond donors (Lipinski definition) is 0. The second-order valence-corrected chi connectivity index (χ2v) is 4.69. The average Bonchev–Trinajstić information content (AvgIpc) is 2.43. The quantitative estimate of drug-likeness (QED) is 0.485. The van der Waals surface area contributed by atoms with Gasteiger partial charge in [0.05, 0.1) is 0 Å². The Bertz CT molecular complexity index is 394. The lowest BCUT2D eigenvalue weighted by atomic mass is 10.0. The zero-order valence-corrected chi connectivity index (χ0v) is 11.9. The van der Waals surface area contributed by atoms with Gasteiger partial charge in [0.2, 0.25) is 0 Å². The summed E-state index contributed by atoms with van der Waals surface area (Å²) < 4.78 is 0. The molecule has 0 saturated heterocycles. The molecule has 1 rings (SSSR count). The number of allylic oxidation sites excluding steroid dienone is 2. The maximum absolute atomic E-state index is 12.3. The third kappa shape index (κ3) is 4.51. The van der Waals surface area contributed by atoms with Gasteiger partial charge in [0.1, 0.15) is 5.70 Å². The molecule has 1 heterocycles. The topological polar surface area (TPSA) is 32.7 Å². The Morgan fingerprint density at radius 2 is 2.11 bits per heavy atom. The van der Waals surface area contributed by atoms with E-state index in [0.717, 1.165) is 31.5 Å². The minimum Gasteiger partial charge on any atom is -0.337 e. The van der Waals surface area contributed by atoms with Crippen LogP contribution in [0.3, 0.4) is 0 Å². The summed E-state index contributed by atoms with van der Waals surface area (Å²) in [6.45, 7) is 11.1. The lowest BCUT2D eigenvalue weighted by molar-refractivity contribution is -0.127. The van der Waals surface area contributed by atoms with E-state index < -0.39 is 0 Å². The summed E-state index contributed by atoms with van der Waals surface area (Å²) in [5.41, 5.74) is 1.46. The summed E-state index contributed by atoms with van der Waals surface area (Å²) in [7, 11) is 0. The molecule has 0 bridgehead atoms. The molecule has 0 aromatic heterocycles. The number of rotatable bonds is 8. The van der Waals surface area contributed by atoms with Gasteiger partial charge in [0, 0.05) is 19.3 Å². The maximum Gasteiger partial charge on any atom is 0.272 e. The van der Waals surface area contributed by atoms with Gasteiger partial charge in [-0.15, -0.1) is 0 Å². The smallest absolute Gasteiger partial charge is 0.272 e. The van der Waals surface area contributed by atoms with Crippen LogP contribution in [-0.4, -0.2) is 30.1 Å². The molecule has 0 fully saturated rings. The molecule has 0 saturated carbocycles. The molecule has 19 heavy (non-hydrogen) atoms. The van der Waals surface area contributed by atoms with Gasteiger partial charge in [0.25, 0.3) is 5.91 Å². The van der Waals surface area contributed by atoms with Crippen molar-refractivity contribution in [2.75, 3.05) is 13.1 Å². The third-order valence-electron chi connectivity index (χ3n) is 3.28. The summed E-state index contributed by atoms with van der Waals surface area (Å²) in [6.07, 6.45) is 10.4. The zero-order chi connectivity index (χ0) is 14.1. The predicted molar refractivity (Wildman–Crippen MR) is 81.3 cm³/mol. The van der Waals surface area contributed by atoms with Crippen LogP contribution in [0, 0.1) is 0 Å². The minimum atomic E-state index is 0.0238. The SMILES string of the molecule is C=C/C=N\C1=C(C=C)CCN(CCCCCC)C1=O. The first-order valence-corrected chi connectivity index (χ1v) is 7.04. The predicted octanol–water partition coefficient (Wildman–Crippen LogP) is 3.50. The van der Waals surface area contributed by atoms with E-state index in [4.69, 9.17) is 0 Å². The van der Waals surface area contributed by atoms with Crippen LogP contribution in [0.5, 0.6) is 0 Å². The van der Waals surface area contributed by atoms with Crippen LogP contribution in [0.25, 0.3) is 0 Å². The van der Waals surface area contributed by atoms with Crippen molar-refractivity contribution in [2.45, 2.75) is 39.0 Å². The van der Waals surface area contributed by atoms with E-state index in [1.807, 2.05) is 4.90 Å². The largest absolute Gasteiger partial charge is 0.337 e. The highest BCUT2D eigenvalue weighted by atomic mass is 16.2. The summed E-state index contributed by atoms with van der Waals surface area (Å²) in [4.78, 5) is 18.4. The van der Waals surface area contributed by atoms with Crippen LogP contribution in [0.4, 0.5) is 0 Å². The number of aliphatic imine (C=N–C) groups is 1. The monoisotopic (exact) mass is 260 g/mol. The highest BCUT2D eigenvalue weighted by Gasteiger charge is 2.24. The van der Waals surface area contributed by atoms with Crippen LogP contribution in [0.1, 0.15) is 39.0 Å². The minimum absolute atomic E-state index is 0.0238. The zero-order valence-electron chi connectivity index (χ0n) is 11.9. The van der Waals surface area contributed by atoms with Crippen LogP contribution in [0.2, 0.25) is 0 Å². The Balaban J connectivity index is 2.68. The van der Waals surface area contributed by atoms with E-state index in [2.05, 4.69) is 25.1 Å². The van der Waals surface area contributed by atoms with Crippen LogP contribution in [-0.2, 0) is 4.79 Å². The summed E-state index contributed by atoms with van der Waals surface area (Å²) in [5.74, 6) is 0.0238. The first-order chi connectivity index (χ1) is 9.24. The van der Waals surface area contributed by atoms with Crippen molar-refractivity contribution in [1.29, 1.82) is 0 Å². The molecule has 0 spiro atoms. The Morgan fingerprint density at radius 3 is 2.74 bits per heavy atom. The Morgan fingerprint density at radius 1 is 1.32 bits per heavy atom. The van der Waals surface area contributed by atoms with Gasteiger partial charge < -0.3 is 4.90 Å². The van der Waals surface area contributed by atoms with Crippen molar-refractivity contribution in [3.05, 3.63) is 36.6 Å². The molecular weight excluding hydrogens is 236 g/mol. The van der Waals surface area contributed by atoms with Gasteiger partial charge in [-0.05, 0) is 18.4 Å². The third-order valence-corrected chi connectivity index (χ3v) is 3.28. The highest BCUT2D eigenvalue weighted by molar-refractivity contribution is 5.97. The molecule has 0 unspecified atom stereocenters. The average molecular weight is 260 g/mol. The molecule has 1 aliphatic heterocycles. The molecule has 104 valence electrons. The molecule has 1 amide bonds. The van der Waals surface area contributed by atoms with Gasteiger partial charge in [-0.2, -0.15) is 0 Å². The molecular formula is C16H24N2O. The number of unbranched alkanes of at least 4 members (excludes halogenated alkanes) is 3. The fourth-order valence-electron chi connectivity index (χ4n) is 2.17. The van der Waals surface area contributed by atoms with Crippen molar-refractivity contribution >= 4 is 12.1 Å². The van der Waals surface area contributed by atoms with E-state index in [0.29, 0.717) is 5.70 Å². The molecule has 0 atom stereocenters. The Hall–Kier alpha value is -1.64. The fraction of sp³-hybridized carbons (Fsp3) is 0.500. The summed E-state index contributed by atoms with van der Waals surface area (Å²) in [6, 6.07) is 0. The van der Waals surface area contributed by atoms with E-state index in [1.54, 1.807) is 18.4 Å². The molecule has 0 N–H and O–H groups in total. The molecule has 0 aromatic rings. The standard InChI is InChI=1S/C16H24N2O/c1-4-7-8-9-12-18-13-10-14(6-3)15(16(18)19)17-11-5-2/h5-6,11H,2-4,7-10,12-13H2,1H3/b17-11-. The second-order valence-electron chi connectivity index (χ2n) is 4.69. The molecule has 3 nitrogen and oxygen atoms in total. The van der Waals surface area contributed by atoms with E-state index in [9.17, 15) is 4.79 Å². The normalized spacial score (nSPS) is 16.3.